The molecule has 7 nitrogen and oxygen atoms in total. The lowest BCUT2D eigenvalue weighted by Gasteiger charge is -2.29. The molecule has 0 bridgehead atoms. The third kappa shape index (κ3) is 11.2. The normalized spacial score (nSPS) is 17.9. The lowest BCUT2D eigenvalue weighted by Crippen LogP contribution is -2.49. The molecule has 1 aromatic rings. The minimum absolute atomic E-state index is 0.145. The molecule has 0 saturated heterocycles. The maximum Gasteiger partial charge on any atom is 0.705 e. The number of hydrogen-bond acceptors (Lipinski definition) is 7. The van der Waals surface area contributed by atoms with Crippen LogP contribution in [0.5, 0.6) is 0 Å². The zero-order chi connectivity index (χ0) is 26.4. The Bertz CT molecular complexity index is 775. The van der Waals surface area contributed by atoms with E-state index < -0.39 is 26.7 Å². The van der Waals surface area contributed by atoms with Crippen molar-refractivity contribution in [2.45, 2.75) is 116 Å². The Hall–Kier alpha value is -2.19. The number of ether oxygens (including phenoxy) is 1. The Morgan fingerprint density at radius 3 is 1.86 bits per heavy atom. The minimum atomic E-state index is -3.77. The highest BCUT2D eigenvalue weighted by molar-refractivity contribution is 6.65. The molecule has 0 amide bonds. The van der Waals surface area contributed by atoms with Crippen molar-refractivity contribution in [2.24, 2.45) is 0 Å². The number of carbonyl (C=O) groups is 3. The van der Waals surface area contributed by atoms with Crippen LogP contribution in [0.25, 0.3) is 0 Å². The predicted octanol–water partition coefficient (Wildman–Crippen LogP) is 6.26. The number of rotatable bonds is 15. The summed E-state index contributed by atoms with van der Waals surface area (Å²) in [6, 6.07) is 9.34. The highest BCUT2D eigenvalue weighted by atomic mass is 28.4. The van der Waals surface area contributed by atoms with Crippen LogP contribution in [0, 0.1) is 0 Å². The van der Waals surface area contributed by atoms with Crippen LogP contribution in [-0.4, -0.2) is 39.4 Å². The molecule has 0 unspecified atom stereocenters. The number of benzene rings is 1. The van der Waals surface area contributed by atoms with Crippen LogP contribution >= 0.6 is 0 Å². The molecule has 0 atom stereocenters. The molecule has 0 spiro atoms. The van der Waals surface area contributed by atoms with Gasteiger partial charge in [-0.2, -0.15) is 0 Å². The summed E-state index contributed by atoms with van der Waals surface area (Å²) in [6.45, 7) is 6.27. The van der Waals surface area contributed by atoms with Crippen molar-refractivity contribution >= 4 is 26.7 Å². The second kappa shape index (κ2) is 15.8. The van der Waals surface area contributed by atoms with Gasteiger partial charge in [0.1, 0.15) is 0 Å². The fourth-order valence-electron chi connectivity index (χ4n) is 4.86. The van der Waals surface area contributed by atoms with Crippen molar-refractivity contribution in [1.29, 1.82) is 0 Å². The maximum atomic E-state index is 11.5. The molecule has 0 aromatic heterocycles. The van der Waals surface area contributed by atoms with Crippen LogP contribution in [0.3, 0.4) is 0 Å². The molecule has 8 heteroatoms. The van der Waals surface area contributed by atoms with E-state index in [0.29, 0.717) is 18.9 Å². The van der Waals surface area contributed by atoms with Gasteiger partial charge < -0.3 is 18.0 Å². The van der Waals surface area contributed by atoms with E-state index in [1.807, 2.05) is 0 Å². The van der Waals surface area contributed by atoms with E-state index in [1.165, 1.54) is 70.4 Å². The Morgan fingerprint density at radius 2 is 1.33 bits per heavy atom. The molecule has 0 N–H and O–H groups in total. The molecule has 0 heterocycles. The molecule has 1 saturated carbocycles. The fourth-order valence-corrected chi connectivity index (χ4v) is 7.19. The van der Waals surface area contributed by atoms with Crippen molar-refractivity contribution < 1.29 is 32.4 Å². The van der Waals surface area contributed by atoms with Crippen LogP contribution < -0.4 is 0 Å². The second-order valence-corrected chi connectivity index (χ2v) is 12.3. The molecule has 1 fully saturated rings. The van der Waals surface area contributed by atoms with Gasteiger partial charge in [0, 0.05) is 27.4 Å². The first-order valence-electron chi connectivity index (χ1n) is 13.5. The highest BCUT2D eigenvalue weighted by Crippen LogP contribution is 2.34. The van der Waals surface area contributed by atoms with E-state index in [1.54, 1.807) is 0 Å². The zero-order valence-electron chi connectivity index (χ0n) is 22.5. The van der Waals surface area contributed by atoms with Crippen LogP contribution in [0.1, 0.15) is 109 Å². The average Bonchev–Trinajstić information content (AvgIpc) is 2.81. The monoisotopic (exact) mass is 520 g/mol. The quantitative estimate of drug-likeness (QED) is 0.199. The summed E-state index contributed by atoms with van der Waals surface area (Å²) < 4.78 is 21.7. The van der Waals surface area contributed by atoms with Crippen molar-refractivity contribution in [1.82, 2.24) is 0 Å². The lowest BCUT2D eigenvalue weighted by atomic mass is 9.82. The largest absolute Gasteiger partial charge is 0.705 e. The van der Waals surface area contributed by atoms with Crippen LogP contribution in [0.2, 0.25) is 6.04 Å². The smallest absolute Gasteiger partial charge is 0.455 e. The molecule has 1 aliphatic rings. The van der Waals surface area contributed by atoms with Gasteiger partial charge in [-0.1, -0.05) is 56.9 Å². The summed E-state index contributed by atoms with van der Waals surface area (Å²) in [6.07, 6.45) is 12.5. The van der Waals surface area contributed by atoms with Crippen molar-refractivity contribution in [3.63, 3.8) is 0 Å². The third-order valence-corrected chi connectivity index (χ3v) is 9.33. The van der Waals surface area contributed by atoms with E-state index in [4.69, 9.17) is 18.0 Å². The van der Waals surface area contributed by atoms with E-state index >= 15 is 0 Å². The number of unbranched alkanes of at least 4 members (excludes halogenated alkanes) is 4. The number of hydrogen-bond donors (Lipinski definition) is 0. The molecule has 202 valence electrons. The second-order valence-electron chi connectivity index (χ2n) is 9.82. The topological polar surface area (TPSA) is 88.1 Å². The standard InChI is InChI=1S/C28H44O7Si/c1-5-6-7-8-9-11-25-12-14-26(15-13-25)27-16-18-28(19-17-27)32-20-10-21-36(33-22(2)29,34-23(3)30)35-24(4)31/h12-15,27-28H,5-11,16-21H2,1-4H3/t27-,28-. The Morgan fingerprint density at radius 1 is 0.778 bits per heavy atom. The van der Waals surface area contributed by atoms with E-state index in [2.05, 4.69) is 31.2 Å². The lowest BCUT2D eigenvalue weighted by molar-refractivity contribution is -0.147. The van der Waals surface area contributed by atoms with Gasteiger partial charge in [-0.05, 0) is 62.0 Å². The molecule has 36 heavy (non-hydrogen) atoms. The summed E-state index contributed by atoms with van der Waals surface area (Å²) in [5.74, 6) is -1.38. The summed E-state index contributed by atoms with van der Waals surface area (Å²) in [5, 5.41) is 0. The molecule has 1 aliphatic carbocycles. The van der Waals surface area contributed by atoms with E-state index in [0.717, 1.165) is 25.7 Å². The molecule has 1 aromatic carbocycles. The SMILES string of the molecule is CCCCCCCc1ccc([C@H]2CC[C@H](OCCC[Si](OC(C)=O)(OC(C)=O)OC(C)=O)CC2)cc1. The van der Waals surface area contributed by atoms with Crippen LogP contribution in [-0.2, 0) is 38.8 Å². The maximum absolute atomic E-state index is 11.5. The van der Waals surface area contributed by atoms with Crippen molar-refractivity contribution in [2.75, 3.05) is 6.61 Å². The van der Waals surface area contributed by atoms with Crippen molar-refractivity contribution in [3.8, 4) is 0 Å². The first-order valence-corrected chi connectivity index (χ1v) is 15.5. The van der Waals surface area contributed by atoms with Gasteiger partial charge in [0.15, 0.2) is 0 Å². The minimum Gasteiger partial charge on any atom is -0.455 e. The summed E-state index contributed by atoms with van der Waals surface area (Å²) in [5.41, 5.74) is 2.85. The van der Waals surface area contributed by atoms with E-state index in [-0.39, 0.29) is 12.1 Å². The first kappa shape index (κ1) is 30.0. The Kier molecular flexibility index (Phi) is 13.2. The summed E-state index contributed by atoms with van der Waals surface area (Å²) in [7, 11) is -3.77. The molecule has 2 rings (SSSR count). The van der Waals surface area contributed by atoms with Crippen LogP contribution in [0.4, 0.5) is 0 Å². The number of carbonyl (C=O) groups excluding carboxylic acids is 3. The summed E-state index contributed by atoms with van der Waals surface area (Å²) in [4.78, 5) is 34.6. The zero-order valence-corrected chi connectivity index (χ0v) is 23.5. The van der Waals surface area contributed by atoms with Gasteiger partial charge in [-0.3, -0.25) is 14.4 Å². The van der Waals surface area contributed by atoms with Gasteiger partial charge in [0.05, 0.1) is 12.1 Å². The van der Waals surface area contributed by atoms with Crippen LogP contribution in [0.15, 0.2) is 24.3 Å². The van der Waals surface area contributed by atoms with E-state index in [9.17, 15) is 14.4 Å². The predicted molar refractivity (Wildman–Crippen MR) is 140 cm³/mol. The molecule has 0 radical (unpaired) electrons. The van der Waals surface area contributed by atoms with Gasteiger partial charge in [-0.15, -0.1) is 0 Å². The number of aryl methyl sites for hydroxylation is 1. The summed E-state index contributed by atoms with van der Waals surface area (Å²) >= 11 is 0. The molecular formula is C28H44O7Si. The van der Waals surface area contributed by atoms with Gasteiger partial charge in [0.25, 0.3) is 17.9 Å². The Labute approximate surface area is 217 Å². The third-order valence-electron chi connectivity index (χ3n) is 6.57. The van der Waals surface area contributed by atoms with Gasteiger partial charge >= 0.3 is 8.80 Å². The fraction of sp³-hybridized carbons (Fsp3) is 0.679. The molecular weight excluding hydrogens is 476 g/mol. The first-order chi connectivity index (χ1) is 17.2. The van der Waals surface area contributed by atoms with Gasteiger partial charge in [0.2, 0.25) is 0 Å². The van der Waals surface area contributed by atoms with Crippen molar-refractivity contribution in [3.05, 3.63) is 35.4 Å². The van der Waals surface area contributed by atoms with Gasteiger partial charge in [-0.25, -0.2) is 0 Å². The average molecular weight is 521 g/mol. The molecule has 0 aliphatic heterocycles. The highest BCUT2D eigenvalue weighted by Gasteiger charge is 2.51. The Balaban J connectivity index is 1.74.